The first-order valence-corrected chi connectivity index (χ1v) is 5.89. The van der Waals surface area contributed by atoms with Crippen LogP contribution in [-0.2, 0) is 19.7 Å². The molecule has 4 nitrogen and oxygen atoms in total. The summed E-state index contributed by atoms with van der Waals surface area (Å²) in [6.07, 6.45) is 0.566. The zero-order valence-electron chi connectivity index (χ0n) is 10.8. The Morgan fingerprint density at radius 3 is 2.39 bits per heavy atom. The summed E-state index contributed by atoms with van der Waals surface area (Å²) in [5.74, 6) is -0.607. The molecule has 0 radical (unpaired) electrons. The minimum atomic E-state index is -0.922. The molecule has 0 saturated heterocycles. The second kappa shape index (κ2) is 4.12. The summed E-state index contributed by atoms with van der Waals surface area (Å²) >= 11 is 0. The maximum atomic E-state index is 12.0. The number of rotatable bonds is 3. The Morgan fingerprint density at radius 2 is 1.89 bits per heavy atom. The van der Waals surface area contributed by atoms with Crippen molar-refractivity contribution in [1.82, 2.24) is 5.32 Å². The number of methoxy groups -OCH3 is 1. The summed E-state index contributed by atoms with van der Waals surface area (Å²) in [4.78, 5) is 23.3. The second-order valence-electron chi connectivity index (χ2n) is 4.95. The lowest BCUT2D eigenvalue weighted by Gasteiger charge is -2.21. The number of benzene rings is 1. The minimum Gasteiger partial charge on any atom is -0.467 e. The molecule has 4 heteroatoms. The number of hydrogen-bond donors (Lipinski definition) is 1. The van der Waals surface area contributed by atoms with E-state index in [9.17, 15) is 9.59 Å². The molecule has 1 aromatic rings. The van der Waals surface area contributed by atoms with E-state index in [1.54, 1.807) is 0 Å². The van der Waals surface area contributed by atoms with Gasteiger partial charge in [0.15, 0.2) is 0 Å². The second-order valence-corrected chi connectivity index (χ2v) is 4.95. The van der Waals surface area contributed by atoms with Crippen LogP contribution in [0.5, 0.6) is 0 Å². The Labute approximate surface area is 106 Å². The normalized spacial score (nSPS) is 29.5. The van der Waals surface area contributed by atoms with Gasteiger partial charge in [-0.2, -0.15) is 0 Å². The SMILES string of the molecule is COC(=O)[C@@]1(NC(C)=O)C[C@]1(C)c1ccccc1. The van der Waals surface area contributed by atoms with Crippen LogP contribution in [0.1, 0.15) is 25.8 Å². The van der Waals surface area contributed by atoms with E-state index in [0.717, 1.165) is 5.56 Å². The highest BCUT2D eigenvalue weighted by molar-refractivity contribution is 5.93. The fourth-order valence-electron chi connectivity index (χ4n) is 2.65. The first-order chi connectivity index (χ1) is 8.46. The van der Waals surface area contributed by atoms with E-state index >= 15 is 0 Å². The topological polar surface area (TPSA) is 55.4 Å². The Hall–Kier alpha value is -1.84. The molecule has 0 bridgehead atoms. The molecular weight excluding hydrogens is 230 g/mol. The monoisotopic (exact) mass is 247 g/mol. The van der Waals surface area contributed by atoms with Crippen molar-refractivity contribution in [3.63, 3.8) is 0 Å². The van der Waals surface area contributed by atoms with E-state index in [4.69, 9.17) is 4.74 Å². The molecule has 2 rings (SSSR count). The molecular formula is C14H17NO3. The van der Waals surface area contributed by atoms with Gasteiger partial charge >= 0.3 is 5.97 Å². The van der Waals surface area contributed by atoms with Gasteiger partial charge in [-0.3, -0.25) is 4.79 Å². The number of hydrogen-bond acceptors (Lipinski definition) is 3. The molecule has 1 amide bonds. The molecule has 1 fully saturated rings. The minimum absolute atomic E-state index is 0.222. The molecule has 0 aromatic heterocycles. The highest BCUT2D eigenvalue weighted by atomic mass is 16.5. The predicted octanol–water partition coefficient (Wildman–Crippen LogP) is 1.40. The molecule has 1 N–H and O–H groups in total. The zero-order chi connectivity index (χ0) is 13.4. The van der Waals surface area contributed by atoms with Gasteiger partial charge in [0.05, 0.1) is 7.11 Å². The van der Waals surface area contributed by atoms with Crippen molar-refractivity contribution in [3.05, 3.63) is 35.9 Å². The molecule has 0 unspecified atom stereocenters. The van der Waals surface area contributed by atoms with Crippen LogP contribution in [-0.4, -0.2) is 24.5 Å². The first-order valence-electron chi connectivity index (χ1n) is 5.89. The highest BCUT2D eigenvalue weighted by Crippen LogP contribution is 2.57. The van der Waals surface area contributed by atoms with E-state index in [-0.39, 0.29) is 11.9 Å². The lowest BCUT2D eigenvalue weighted by Crippen LogP contribution is -2.48. The van der Waals surface area contributed by atoms with Crippen molar-refractivity contribution in [2.24, 2.45) is 0 Å². The standard InChI is InChI=1S/C14H17NO3/c1-10(16)15-14(12(17)18-3)9-13(14,2)11-7-5-4-6-8-11/h4-8H,9H2,1-3H3,(H,15,16)/t13-,14+/m1/s1. The van der Waals surface area contributed by atoms with Gasteiger partial charge in [0.2, 0.25) is 5.91 Å². The van der Waals surface area contributed by atoms with E-state index in [2.05, 4.69) is 5.32 Å². The Bertz CT molecular complexity index is 485. The maximum Gasteiger partial charge on any atom is 0.332 e. The number of carbonyl (C=O) groups is 2. The third kappa shape index (κ3) is 1.68. The smallest absolute Gasteiger partial charge is 0.332 e. The van der Waals surface area contributed by atoms with E-state index in [1.807, 2.05) is 37.3 Å². The predicted molar refractivity (Wildman–Crippen MR) is 67.0 cm³/mol. The van der Waals surface area contributed by atoms with Gasteiger partial charge < -0.3 is 10.1 Å². The lowest BCUT2D eigenvalue weighted by molar-refractivity contribution is -0.147. The van der Waals surface area contributed by atoms with Crippen molar-refractivity contribution in [2.75, 3.05) is 7.11 Å². The van der Waals surface area contributed by atoms with E-state index in [0.29, 0.717) is 6.42 Å². The van der Waals surface area contributed by atoms with Crippen LogP contribution in [0, 0.1) is 0 Å². The maximum absolute atomic E-state index is 12.0. The number of ether oxygens (including phenoxy) is 1. The molecule has 2 atom stereocenters. The number of carbonyl (C=O) groups excluding carboxylic acids is 2. The van der Waals surface area contributed by atoms with Gasteiger partial charge in [0.1, 0.15) is 5.54 Å². The number of amides is 1. The highest BCUT2D eigenvalue weighted by Gasteiger charge is 2.71. The van der Waals surface area contributed by atoms with Gasteiger partial charge in [-0.15, -0.1) is 0 Å². The van der Waals surface area contributed by atoms with Crippen LogP contribution in [0.15, 0.2) is 30.3 Å². The molecule has 1 aliphatic rings. The summed E-state index contributed by atoms with van der Waals surface area (Å²) in [6.45, 7) is 3.38. The van der Waals surface area contributed by atoms with Crippen molar-refractivity contribution in [1.29, 1.82) is 0 Å². The average molecular weight is 247 g/mol. The number of nitrogens with one attached hydrogen (secondary N) is 1. The van der Waals surface area contributed by atoms with Crippen molar-refractivity contribution in [3.8, 4) is 0 Å². The summed E-state index contributed by atoms with van der Waals surface area (Å²) < 4.78 is 4.84. The zero-order valence-corrected chi connectivity index (χ0v) is 10.8. The Morgan fingerprint density at radius 1 is 1.28 bits per heavy atom. The molecule has 96 valence electrons. The first kappa shape index (κ1) is 12.6. The van der Waals surface area contributed by atoms with E-state index in [1.165, 1.54) is 14.0 Å². The van der Waals surface area contributed by atoms with Crippen LogP contribution >= 0.6 is 0 Å². The molecule has 18 heavy (non-hydrogen) atoms. The summed E-state index contributed by atoms with van der Waals surface area (Å²) in [5, 5.41) is 2.76. The summed E-state index contributed by atoms with van der Waals surface area (Å²) in [7, 11) is 1.34. The van der Waals surface area contributed by atoms with Crippen LogP contribution in [0.25, 0.3) is 0 Å². The van der Waals surface area contributed by atoms with Crippen molar-refractivity contribution >= 4 is 11.9 Å². The molecule has 0 spiro atoms. The third-order valence-electron chi connectivity index (χ3n) is 3.77. The fraction of sp³-hybridized carbons (Fsp3) is 0.429. The van der Waals surface area contributed by atoms with Crippen LogP contribution in [0.3, 0.4) is 0 Å². The fourth-order valence-corrected chi connectivity index (χ4v) is 2.65. The molecule has 0 heterocycles. The Kier molecular flexibility index (Phi) is 2.89. The largest absolute Gasteiger partial charge is 0.467 e. The van der Waals surface area contributed by atoms with Gasteiger partial charge in [0, 0.05) is 12.3 Å². The molecule has 1 aromatic carbocycles. The van der Waals surface area contributed by atoms with Gasteiger partial charge in [0.25, 0.3) is 0 Å². The molecule has 1 aliphatic carbocycles. The van der Waals surface area contributed by atoms with Gasteiger partial charge in [-0.25, -0.2) is 4.79 Å². The Balaban J connectivity index is 2.37. The van der Waals surface area contributed by atoms with Crippen molar-refractivity contribution < 1.29 is 14.3 Å². The average Bonchev–Trinajstić information content (AvgIpc) is 2.96. The van der Waals surface area contributed by atoms with Crippen molar-refractivity contribution in [2.45, 2.75) is 31.2 Å². The third-order valence-corrected chi connectivity index (χ3v) is 3.77. The quantitative estimate of drug-likeness (QED) is 0.821. The molecule has 0 aliphatic heterocycles. The molecule has 1 saturated carbocycles. The van der Waals surface area contributed by atoms with Crippen LogP contribution in [0.2, 0.25) is 0 Å². The van der Waals surface area contributed by atoms with Gasteiger partial charge in [-0.1, -0.05) is 37.3 Å². The van der Waals surface area contributed by atoms with E-state index < -0.39 is 11.0 Å². The van der Waals surface area contributed by atoms with Crippen LogP contribution in [0.4, 0.5) is 0 Å². The summed E-state index contributed by atoms with van der Waals surface area (Å²) in [5.41, 5.74) is -0.286. The van der Waals surface area contributed by atoms with Crippen LogP contribution < -0.4 is 5.32 Å². The lowest BCUT2D eigenvalue weighted by atomic mass is 9.92. The number of esters is 1. The summed E-state index contributed by atoms with van der Waals surface area (Å²) in [6, 6.07) is 9.70. The van der Waals surface area contributed by atoms with Gasteiger partial charge in [-0.05, 0) is 12.0 Å².